The maximum absolute atomic E-state index is 11.3. The Bertz CT molecular complexity index is 1540. The highest BCUT2D eigenvalue weighted by molar-refractivity contribution is 5.61. The second kappa shape index (κ2) is 12.3. The topological polar surface area (TPSA) is 47.9 Å². The van der Waals surface area contributed by atoms with Crippen molar-refractivity contribution in [3.05, 3.63) is 88.0 Å². The maximum atomic E-state index is 11.3. The molecule has 6 atom stereocenters. The fourth-order valence-electron chi connectivity index (χ4n) is 9.66. The van der Waals surface area contributed by atoms with Crippen LogP contribution in [0.5, 0.6) is 0 Å². The minimum absolute atomic E-state index is 0.0249. The Kier molecular flexibility index (Phi) is 8.50. The minimum Gasteiger partial charge on any atom is -0.496 e. The third-order valence-electron chi connectivity index (χ3n) is 12.2. The van der Waals surface area contributed by atoms with E-state index in [9.17, 15) is 5.11 Å². The van der Waals surface area contributed by atoms with Crippen molar-refractivity contribution in [2.24, 2.45) is 28.6 Å². The molecule has 0 bridgehead atoms. The number of hydrogen-bond donors (Lipinski definition) is 1. The molecule has 5 aliphatic rings. The Morgan fingerprint density at radius 2 is 1.59 bits per heavy atom. The van der Waals surface area contributed by atoms with Crippen LogP contribution in [0.15, 0.2) is 65.8 Å². The summed E-state index contributed by atoms with van der Waals surface area (Å²) in [5.41, 5.74) is 7.95. The van der Waals surface area contributed by atoms with E-state index < -0.39 is 5.79 Å². The molecule has 4 aliphatic carbocycles. The highest BCUT2D eigenvalue weighted by Gasteiger charge is 2.57. The number of hydrogen-bond acceptors (Lipinski definition) is 4. The Labute approximate surface area is 276 Å². The van der Waals surface area contributed by atoms with Crippen LogP contribution in [0.3, 0.4) is 0 Å². The van der Waals surface area contributed by atoms with E-state index in [2.05, 4.69) is 94.1 Å². The van der Waals surface area contributed by atoms with Crippen LogP contribution in [-0.2, 0) is 14.2 Å². The van der Waals surface area contributed by atoms with Gasteiger partial charge in [0.25, 0.3) is 0 Å². The number of rotatable bonds is 4. The minimum atomic E-state index is -0.405. The third-order valence-corrected chi connectivity index (χ3v) is 12.2. The van der Waals surface area contributed by atoms with Crippen molar-refractivity contribution >= 4 is 5.76 Å². The van der Waals surface area contributed by atoms with Crippen LogP contribution in [-0.4, -0.2) is 37.3 Å². The van der Waals surface area contributed by atoms with Crippen LogP contribution in [0.4, 0.5) is 0 Å². The van der Waals surface area contributed by atoms with Gasteiger partial charge in [0.2, 0.25) is 0 Å². The molecule has 7 rings (SSSR count). The van der Waals surface area contributed by atoms with Gasteiger partial charge in [0.05, 0.1) is 26.4 Å². The molecule has 2 aromatic rings. The summed E-state index contributed by atoms with van der Waals surface area (Å²) in [6, 6.07) is 17.3. The first-order valence-electron chi connectivity index (χ1n) is 17.8. The van der Waals surface area contributed by atoms with Crippen molar-refractivity contribution in [1.82, 2.24) is 0 Å². The zero-order chi connectivity index (χ0) is 32.1. The molecule has 0 radical (unpaired) electrons. The summed E-state index contributed by atoms with van der Waals surface area (Å²) in [4.78, 5) is 0. The SMILES string of the molecule is CC/C=C(\OC)c1ccc(C#Cc2ccc(C3CC4(C)C(O)CCC4C4CCC5CC6(CCC5=C34)OCC(C)(C)CO6)cc2)cc1. The van der Waals surface area contributed by atoms with Gasteiger partial charge in [-0.2, -0.15) is 0 Å². The fourth-order valence-corrected chi connectivity index (χ4v) is 9.66. The van der Waals surface area contributed by atoms with Crippen molar-refractivity contribution in [3.8, 4) is 11.8 Å². The lowest BCUT2D eigenvalue weighted by Crippen LogP contribution is -2.52. The van der Waals surface area contributed by atoms with Gasteiger partial charge in [0, 0.05) is 40.9 Å². The number of aliphatic hydroxyl groups excluding tert-OH is 1. The quantitative estimate of drug-likeness (QED) is 0.211. The first-order chi connectivity index (χ1) is 22.1. The molecule has 3 saturated carbocycles. The summed E-state index contributed by atoms with van der Waals surface area (Å²) < 4.78 is 18.6. The smallest absolute Gasteiger partial charge is 0.169 e. The molecular formula is C42H52O4. The van der Waals surface area contributed by atoms with Gasteiger partial charge in [-0.15, -0.1) is 0 Å². The number of benzene rings is 2. The van der Waals surface area contributed by atoms with Gasteiger partial charge in [0.15, 0.2) is 5.79 Å². The van der Waals surface area contributed by atoms with E-state index >= 15 is 0 Å². The van der Waals surface area contributed by atoms with Crippen molar-refractivity contribution in [1.29, 1.82) is 0 Å². The molecule has 46 heavy (non-hydrogen) atoms. The Balaban J connectivity index is 1.16. The van der Waals surface area contributed by atoms with E-state index in [1.165, 1.54) is 18.4 Å². The monoisotopic (exact) mass is 620 g/mol. The number of ether oxygens (including phenoxy) is 3. The van der Waals surface area contributed by atoms with Crippen LogP contribution in [0.2, 0.25) is 0 Å². The molecule has 0 amide bonds. The van der Waals surface area contributed by atoms with Crippen LogP contribution in [0.1, 0.15) is 114 Å². The molecule has 1 aliphatic heterocycles. The molecule has 6 unspecified atom stereocenters. The Morgan fingerprint density at radius 1 is 0.913 bits per heavy atom. The summed E-state index contributed by atoms with van der Waals surface area (Å²) in [5, 5.41) is 11.3. The number of allylic oxidation sites excluding steroid dienone is 3. The molecular weight excluding hydrogens is 568 g/mol. The molecule has 0 aromatic heterocycles. The van der Waals surface area contributed by atoms with Crippen molar-refractivity contribution in [2.45, 2.75) is 103 Å². The summed E-state index contributed by atoms with van der Waals surface area (Å²) >= 11 is 0. The Morgan fingerprint density at radius 3 is 2.24 bits per heavy atom. The molecule has 4 heteroatoms. The molecule has 2 aromatic carbocycles. The summed E-state index contributed by atoms with van der Waals surface area (Å²) in [7, 11) is 1.72. The van der Waals surface area contributed by atoms with Gasteiger partial charge in [-0.3, -0.25) is 0 Å². The summed E-state index contributed by atoms with van der Waals surface area (Å²) in [5.74, 6) is 9.28. The average Bonchev–Trinajstić information content (AvgIpc) is 3.37. The molecule has 1 heterocycles. The first kappa shape index (κ1) is 31.7. The molecule has 1 saturated heterocycles. The highest BCUT2D eigenvalue weighted by atomic mass is 16.7. The van der Waals surface area contributed by atoms with Gasteiger partial charge in [-0.05, 0) is 104 Å². The second-order valence-corrected chi connectivity index (χ2v) is 15.8. The zero-order valence-electron chi connectivity index (χ0n) is 28.5. The van der Waals surface area contributed by atoms with Gasteiger partial charge in [-0.1, -0.05) is 74.9 Å². The lowest BCUT2D eigenvalue weighted by atomic mass is 9.52. The standard InChI is InChI=1S/C42H52O4/c1-6-7-37(44-5)31-16-12-29(13-17-31)9-8-28-10-14-30(15-11-28)35-25-41(4)36(20-21-38(41)43)34-19-18-32-24-42(23-22-33(32)39(34)35)45-26-40(2,3)27-46-42/h7,10-17,32,34-36,38,43H,6,18-27H2,1-5H3/b37-7-. The normalized spacial score (nSPS) is 33.0. The lowest BCUT2D eigenvalue weighted by molar-refractivity contribution is -0.312. The van der Waals surface area contributed by atoms with Gasteiger partial charge >= 0.3 is 0 Å². The second-order valence-electron chi connectivity index (χ2n) is 15.8. The van der Waals surface area contributed by atoms with E-state index in [0.717, 1.165) is 80.6 Å². The van der Waals surface area contributed by atoms with Crippen molar-refractivity contribution in [2.75, 3.05) is 20.3 Å². The Hall–Kier alpha value is -2.84. The van der Waals surface area contributed by atoms with Gasteiger partial charge in [0.1, 0.15) is 5.76 Å². The largest absolute Gasteiger partial charge is 0.496 e. The highest BCUT2D eigenvalue weighted by Crippen LogP contribution is 2.65. The van der Waals surface area contributed by atoms with Gasteiger partial charge in [-0.25, -0.2) is 0 Å². The van der Waals surface area contributed by atoms with Crippen LogP contribution >= 0.6 is 0 Å². The molecule has 4 nitrogen and oxygen atoms in total. The first-order valence-corrected chi connectivity index (χ1v) is 17.8. The van der Waals surface area contributed by atoms with Crippen LogP contribution < -0.4 is 0 Å². The van der Waals surface area contributed by atoms with Crippen LogP contribution in [0, 0.1) is 40.4 Å². The third kappa shape index (κ3) is 5.78. The number of fused-ring (bicyclic) bond motifs is 4. The predicted molar refractivity (Wildman–Crippen MR) is 184 cm³/mol. The molecule has 1 spiro atoms. The van der Waals surface area contributed by atoms with E-state index in [-0.39, 0.29) is 16.9 Å². The van der Waals surface area contributed by atoms with E-state index in [1.54, 1.807) is 18.3 Å². The lowest BCUT2D eigenvalue weighted by Gasteiger charge is -2.55. The van der Waals surface area contributed by atoms with E-state index in [1.807, 2.05) is 0 Å². The van der Waals surface area contributed by atoms with Crippen molar-refractivity contribution < 1.29 is 19.3 Å². The van der Waals surface area contributed by atoms with E-state index in [4.69, 9.17) is 14.2 Å². The zero-order valence-corrected chi connectivity index (χ0v) is 28.5. The van der Waals surface area contributed by atoms with Crippen LogP contribution in [0.25, 0.3) is 5.76 Å². The number of methoxy groups -OCH3 is 1. The fraction of sp³-hybridized carbons (Fsp3) is 0.571. The van der Waals surface area contributed by atoms with Crippen molar-refractivity contribution in [3.63, 3.8) is 0 Å². The predicted octanol–water partition coefficient (Wildman–Crippen LogP) is 9.02. The molecule has 244 valence electrons. The maximum Gasteiger partial charge on any atom is 0.169 e. The average molecular weight is 621 g/mol. The molecule has 1 N–H and O–H groups in total. The summed E-state index contributed by atoms with van der Waals surface area (Å²) in [6.45, 7) is 10.5. The van der Waals surface area contributed by atoms with E-state index in [0.29, 0.717) is 23.7 Å². The van der Waals surface area contributed by atoms with Gasteiger partial charge < -0.3 is 19.3 Å². The number of aliphatic hydroxyl groups is 1. The summed E-state index contributed by atoms with van der Waals surface area (Å²) in [6.07, 6.45) is 11.4. The molecule has 4 fully saturated rings.